The van der Waals surface area contributed by atoms with Gasteiger partial charge in [0.1, 0.15) is 23.9 Å². The number of nitrogens with one attached hydrogen (secondary N) is 1. The average Bonchev–Trinajstić information content (AvgIpc) is 3.46. The monoisotopic (exact) mass is 479 g/mol. The third-order valence-electron chi connectivity index (χ3n) is 5.04. The number of hydrogen-bond acceptors (Lipinski definition) is 5. The topological polar surface area (TPSA) is 78.5 Å². The fourth-order valence-electron chi connectivity index (χ4n) is 3.17. The van der Waals surface area contributed by atoms with Gasteiger partial charge in [0.2, 0.25) is 0 Å². The van der Waals surface area contributed by atoms with E-state index in [9.17, 15) is 4.79 Å². The number of rotatable bonds is 8. The molecular formula is C26H26ClN3O4. The molecule has 7 nitrogen and oxygen atoms in total. The highest BCUT2D eigenvalue weighted by molar-refractivity contribution is 6.30. The van der Waals surface area contributed by atoms with Gasteiger partial charge in [-0.3, -0.25) is 4.79 Å². The molecule has 0 unspecified atom stereocenters. The third-order valence-corrected chi connectivity index (χ3v) is 5.27. The first-order valence-electron chi connectivity index (χ1n) is 10.8. The normalized spacial score (nSPS) is 11.3. The molecule has 34 heavy (non-hydrogen) atoms. The largest absolute Gasteiger partial charge is 0.486 e. The van der Waals surface area contributed by atoms with Gasteiger partial charge in [0.15, 0.2) is 12.5 Å². The molecule has 2 heterocycles. The molecule has 0 fully saturated rings. The maximum atomic E-state index is 12.5. The molecule has 0 atom stereocenters. The van der Waals surface area contributed by atoms with Crippen molar-refractivity contribution in [2.75, 3.05) is 5.32 Å². The number of aromatic nitrogens is 2. The highest BCUT2D eigenvalue weighted by atomic mass is 35.5. The Hall–Kier alpha value is -3.71. The zero-order valence-corrected chi connectivity index (χ0v) is 20.0. The number of carbonyl (C=O) groups is 1. The molecule has 0 saturated carbocycles. The Bertz CT molecular complexity index is 1260. The molecule has 2 aromatic heterocycles. The molecule has 1 N–H and O–H groups in total. The zero-order valence-electron chi connectivity index (χ0n) is 19.2. The van der Waals surface area contributed by atoms with Gasteiger partial charge in [-0.25, -0.2) is 4.68 Å². The Morgan fingerprint density at radius 2 is 1.85 bits per heavy atom. The van der Waals surface area contributed by atoms with Gasteiger partial charge in [0.05, 0.1) is 18.1 Å². The summed E-state index contributed by atoms with van der Waals surface area (Å²) >= 11 is 5.95. The summed E-state index contributed by atoms with van der Waals surface area (Å²) in [5.74, 6) is 1.73. The summed E-state index contributed by atoms with van der Waals surface area (Å²) in [4.78, 5) is 12.5. The molecule has 0 radical (unpaired) electrons. The predicted octanol–water partition coefficient (Wildman–Crippen LogP) is 6.29. The van der Waals surface area contributed by atoms with E-state index in [1.807, 2.05) is 12.1 Å². The van der Waals surface area contributed by atoms with E-state index in [-0.39, 0.29) is 30.4 Å². The number of nitrogens with zero attached hydrogens (tertiary/aromatic N) is 2. The van der Waals surface area contributed by atoms with Gasteiger partial charge in [0, 0.05) is 5.02 Å². The van der Waals surface area contributed by atoms with Crippen molar-refractivity contribution in [1.29, 1.82) is 0 Å². The number of hydrogen-bond donors (Lipinski definition) is 1. The van der Waals surface area contributed by atoms with Crippen LogP contribution in [-0.2, 0) is 18.8 Å². The van der Waals surface area contributed by atoms with E-state index < -0.39 is 0 Å². The fourth-order valence-corrected chi connectivity index (χ4v) is 3.35. The highest BCUT2D eigenvalue weighted by Gasteiger charge is 2.15. The van der Waals surface area contributed by atoms with Crippen LogP contribution >= 0.6 is 11.6 Å². The lowest BCUT2D eigenvalue weighted by atomic mass is 9.87. The van der Waals surface area contributed by atoms with Crippen molar-refractivity contribution < 1.29 is 18.7 Å². The molecule has 1 amide bonds. The van der Waals surface area contributed by atoms with Gasteiger partial charge in [-0.2, -0.15) is 5.10 Å². The summed E-state index contributed by atoms with van der Waals surface area (Å²) in [5, 5.41) is 7.53. The molecule has 2 aromatic carbocycles. The van der Waals surface area contributed by atoms with Crippen LogP contribution < -0.4 is 14.8 Å². The standard InChI is InChI=1S/C26H26ClN3O4/c1-26(2,3)18-7-9-21(10-8-18)32-16-23-11-12-24(34-23)25(31)29-20-14-28-30(15-20)17-33-22-6-4-5-19(27)13-22/h4-15H,16-17H2,1-3H3,(H,29,31). The van der Waals surface area contributed by atoms with Crippen LogP contribution in [0.3, 0.4) is 0 Å². The molecule has 0 bridgehead atoms. The van der Waals surface area contributed by atoms with Crippen molar-refractivity contribution in [3.05, 3.63) is 95.2 Å². The Morgan fingerprint density at radius 1 is 1.06 bits per heavy atom. The second kappa shape index (κ2) is 10.1. The number of carbonyl (C=O) groups excluding carboxylic acids is 1. The average molecular weight is 480 g/mol. The second-order valence-corrected chi connectivity index (χ2v) is 9.22. The predicted molar refractivity (Wildman–Crippen MR) is 130 cm³/mol. The van der Waals surface area contributed by atoms with Crippen LogP contribution in [0.4, 0.5) is 5.69 Å². The first kappa shape index (κ1) is 23.4. The van der Waals surface area contributed by atoms with Gasteiger partial charge in [-0.15, -0.1) is 0 Å². The molecule has 176 valence electrons. The number of amides is 1. The third kappa shape index (κ3) is 6.20. The summed E-state index contributed by atoms with van der Waals surface area (Å²) in [6.45, 7) is 6.89. The van der Waals surface area contributed by atoms with E-state index in [4.69, 9.17) is 25.5 Å². The molecule has 0 saturated heterocycles. The molecule has 4 rings (SSSR count). The summed E-state index contributed by atoms with van der Waals surface area (Å²) in [5.41, 5.74) is 1.84. The zero-order chi connectivity index (χ0) is 24.1. The summed E-state index contributed by atoms with van der Waals surface area (Å²) in [7, 11) is 0. The number of furan rings is 1. The minimum absolute atomic E-state index is 0.0848. The van der Waals surface area contributed by atoms with Gasteiger partial charge >= 0.3 is 0 Å². The quantitative estimate of drug-likeness (QED) is 0.321. The van der Waals surface area contributed by atoms with Crippen LogP contribution in [0.15, 0.2) is 77.5 Å². The minimum atomic E-state index is -0.379. The first-order valence-corrected chi connectivity index (χ1v) is 11.2. The van der Waals surface area contributed by atoms with E-state index >= 15 is 0 Å². The van der Waals surface area contributed by atoms with Gasteiger partial charge in [0.25, 0.3) is 5.91 Å². The van der Waals surface area contributed by atoms with Crippen molar-refractivity contribution >= 4 is 23.2 Å². The van der Waals surface area contributed by atoms with Crippen molar-refractivity contribution in [3.63, 3.8) is 0 Å². The fraction of sp³-hybridized carbons (Fsp3) is 0.231. The summed E-state index contributed by atoms with van der Waals surface area (Å²) in [6.07, 6.45) is 3.20. The lowest BCUT2D eigenvalue weighted by molar-refractivity contribution is 0.0992. The molecule has 0 aliphatic carbocycles. The van der Waals surface area contributed by atoms with Crippen LogP contribution in [0, 0.1) is 0 Å². The molecule has 0 aliphatic rings. The number of anilines is 1. The van der Waals surface area contributed by atoms with E-state index in [1.165, 1.54) is 11.8 Å². The van der Waals surface area contributed by atoms with Gasteiger partial charge in [-0.1, -0.05) is 50.6 Å². The van der Waals surface area contributed by atoms with Crippen LogP contribution in [0.5, 0.6) is 11.5 Å². The lowest BCUT2D eigenvalue weighted by Crippen LogP contribution is -2.10. The molecular weight excluding hydrogens is 454 g/mol. The second-order valence-electron chi connectivity index (χ2n) is 8.78. The number of benzene rings is 2. The molecule has 0 spiro atoms. The van der Waals surface area contributed by atoms with E-state index in [1.54, 1.807) is 47.3 Å². The summed E-state index contributed by atoms with van der Waals surface area (Å²) < 4.78 is 18.6. The molecule has 4 aromatic rings. The molecule has 8 heteroatoms. The Labute approximate surface area is 203 Å². The smallest absolute Gasteiger partial charge is 0.291 e. The van der Waals surface area contributed by atoms with Crippen LogP contribution in [0.1, 0.15) is 42.6 Å². The van der Waals surface area contributed by atoms with E-state index in [2.05, 4.69) is 43.3 Å². The van der Waals surface area contributed by atoms with Crippen molar-refractivity contribution in [1.82, 2.24) is 9.78 Å². The van der Waals surface area contributed by atoms with Gasteiger partial charge in [-0.05, 0) is 53.4 Å². The van der Waals surface area contributed by atoms with Gasteiger partial charge < -0.3 is 19.2 Å². The Morgan fingerprint density at radius 3 is 2.59 bits per heavy atom. The van der Waals surface area contributed by atoms with Crippen LogP contribution in [0.2, 0.25) is 5.02 Å². The SMILES string of the molecule is CC(C)(C)c1ccc(OCc2ccc(C(=O)Nc3cnn(COc4cccc(Cl)c4)c3)o2)cc1. The Balaban J connectivity index is 1.28. The maximum Gasteiger partial charge on any atom is 0.291 e. The van der Waals surface area contributed by atoms with Crippen molar-refractivity contribution in [2.45, 2.75) is 39.5 Å². The van der Waals surface area contributed by atoms with Crippen molar-refractivity contribution in [3.8, 4) is 11.5 Å². The molecule has 0 aliphatic heterocycles. The van der Waals surface area contributed by atoms with Crippen LogP contribution in [-0.4, -0.2) is 15.7 Å². The summed E-state index contributed by atoms with van der Waals surface area (Å²) in [6, 6.07) is 18.4. The minimum Gasteiger partial charge on any atom is -0.486 e. The highest BCUT2D eigenvalue weighted by Crippen LogP contribution is 2.25. The van der Waals surface area contributed by atoms with Crippen LogP contribution in [0.25, 0.3) is 0 Å². The maximum absolute atomic E-state index is 12.5. The number of ether oxygens (including phenoxy) is 2. The van der Waals surface area contributed by atoms with Crippen molar-refractivity contribution in [2.24, 2.45) is 0 Å². The van der Waals surface area contributed by atoms with E-state index in [0.29, 0.717) is 22.2 Å². The lowest BCUT2D eigenvalue weighted by Gasteiger charge is -2.19. The Kier molecular flexibility index (Phi) is 6.93. The first-order chi connectivity index (χ1) is 16.3. The van der Waals surface area contributed by atoms with E-state index in [0.717, 1.165) is 5.75 Å². The number of halogens is 1.